The maximum Gasteiger partial charge on any atom is 0.248 e. The van der Waals surface area contributed by atoms with Crippen molar-refractivity contribution >= 4 is 0 Å². The minimum absolute atomic E-state index is 0.191. The maximum absolute atomic E-state index is 11.1. The van der Waals surface area contributed by atoms with Crippen molar-refractivity contribution in [2.75, 3.05) is 6.54 Å². The quantitative estimate of drug-likeness (QED) is 0.785. The summed E-state index contributed by atoms with van der Waals surface area (Å²) >= 11 is 0. The van der Waals surface area contributed by atoms with Crippen molar-refractivity contribution in [2.24, 2.45) is 0 Å². The molecule has 0 fully saturated rings. The molecule has 2 aromatic heterocycles. The molecule has 0 bridgehead atoms. The molecule has 6 nitrogen and oxygen atoms in total. The number of hydrogen-bond donors (Lipinski definition) is 2. The van der Waals surface area contributed by atoms with E-state index in [0.717, 1.165) is 6.54 Å². The summed E-state index contributed by atoms with van der Waals surface area (Å²) in [5.41, 5.74) is 0.433. The predicted molar refractivity (Wildman–Crippen MR) is 57.7 cm³/mol. The number of rotatable bonds is 4. The maximum atomic E-state index is 11.1. The second-order valence-electron chi connectivity index (χ2n) is 3.22. The molecule has 0 aromatic carbocycles. The van der Waals surface area contributed by atoms with E-state index in [0.29, 0.717) is 23.9 Å². The molecule has 0 amide bonds. The lowest BCUT2D eigenvalue weighted by Crippen LogP contribution is -2.11. The molecule has 6 heteroatoms. The minimum Gasteiger partial charge on any atom is -0.419 e. The van der Waals surface area contributed by atoms with Crippen molar-refractivity contribution in [1.29, 1.82) is 0 Å². The summed E-state index contributed by atoms with van der Waals surface area (Å²) in [7, 11) is 0. The third-order valence-corrected chi connectivity index (χ3v) is 2.02. The molecule has 0 unspecified atom stereocenters. The number of hydrogen-bond acceptors (Lipinski definition) is 5. The van der Waals surface area contributed by atoms with E-state index in [1.807, 2.05) is 6.92 Å². The molecule has 2 heterocycles. The van der Waals surface area contributed by atoms with Crippen molar-refractivity contribution in [3.05, 3.63) is 34.6 Å². The highest BCUT2D eigenvalue weighted by Crippen LogP contribution is 2.14. The molecule has 0 aliphatic carbocycles. The molecule has 0 aliphatic rings. The lowest BCUT2D eigenvalue weighted by Gasteiger charge is -1.94. The van der Waals surface area contributed by atoms with Gasteiger partial charge in [-0.25, -0.2) is 0 Å². The largest absolute Gasteiger partial charge is 0.419 e. The number of aromatic amines is 1. The Hall–Kier alpha value is -1.95. The van der Waals surface area contributed by atoms with E-state index >= 15 is 0 Å². The summed E-state index contributed by atoms with van der Waals surface area (Å²) in [5, 5.41) is 10.8. The van der Waals surface area contributed by atoms with E-state index in [4.69, 9.17) is 4.42 Å². The van der Waals surface area contributed by atoms with Gasteiger partial charge in [-0.1, -0.05) is 6.92 Å². The summed E-state index contributed by atoms with van der Waals surface area (Å²) in [6, 6.07) is 3.14. The summed E-state index contributed by atoms with van der Waals surface area (Å²) < 4.78 is 5.39. The fourth-order valence-corrected chi connectivity index (χ4v) is 1.25. The van der Waals surface area contributed by atoms with Gasteiger partial charge >= 0.3 is 0 Å². The molecule has 0 saturated heterocycles. The molecule has 0 radical (unpaired) electrons. The van der Waals surface area contributed by atoms with Gasteiger partial charge in [-0.05, 0) is 12.6 Å². The Morgan fingerprint density at radius 2 is 2.38 bits per heavy atom. The van der Waals surface area contributed by atoms with Crippen LogP contribution in [0.3, 0.4) is 0 Å². The first-order valence-corrected chi connectivity index (χ1v) is 5.02. The molecule has 0 spiro atoms. The molecule has 0 atom stereocenters. The zero-order valence-corrected chi connectivity index (χ0v) is 8.86. The first-order valence-electron chi connectivity index (χ1n) is 5.02. The molecule has 0 aliphatic heterocycles. The summed E-state index contributed by atoms with van der Waals surface area (Å²) in [4.78, 5) is 13.6. The van der Waals surface area contributed by atoms with E-state index in [2.05, 4.69) is 20.5 Å². The molecule has 84 valence electrons. The Labute approximate surface area is 91.7 Å². The molecule has 2 aromatic rings. The minimum atomic E-state index is -0.191. The standard InChI is InChI=1S/C10H12N4O2/c1-2-11-6-9-13-14-10(16-9)7-3-4-12-8(15)5-7/h3-5,11H,2,6H2,1H3,(H,12,15). The summed E-state index contributed by atoms with van der Waals surface area (Å²) in [5.74, 6) is 0.871. The predicted octanol–water partition coefficient (Wildman–Crippen LogP) is 0.534. The highest BCUT2D eigenvalue weighted by molar-refractivity contribution is 5.50. The Balaban J connectivity index is 2.21. The number of nitrogens with one attached hydrogen (secondary N) is 2. The van der Waals surface area contributed by atoms with E-state index in [1.54, 1.807) is 12.3 Å². The van der Waals surface area contributed by atoms with Crippen LogP contribution in [-0.2, 0) is 6.54 Å². The molecule has 2 rings (SSSR count). The van der Waals surface area contributed by atoms with Crippen LogP contribution in [0.4, 0.5) is 0 Å². The van der Waals surface area contributed by atoms with Gasteiger partial charge in [0.05, 0.1) is 6.54 Å². The van der Waals surface area contributed by atoms with Crippen LogP contribution >= 0.6 is 0 Å². The zero-order chi connectivity index (χ0) is 11.4. The van der Waals surface area contributed by atoms with Crippen LogP contribution in [0.1, 0.15) is 12.8 Å². The van der Waals surface area contributed by atoms with Gasteiger partial charge in [0.25, 0.3) is 0 Å². The third-order valence-electron chi connectivity index (χ3n) is 2.02. The molecule has 2 N–H and O–H groups in total. The fourth-order valence-electron chi connectivity index (χ4n) is 1.25. The topological polar surface area (TPSA) is 83.8 Å². The van der Waals surface area contributed by atoms with Crippen molar-refractivity contribution in [1.82, 2.24) is 20.5 Å². The van der Waals surface area contributed by atoms with Gasteiger partial charge in [-0.2, -0.15) is 0 Å². The van der Waals surface area contributed by atoms with Crippen LogP contribution in [0.5, 0.6) is 0 Å². The molecular weight excluding hydrogens is 208 g/mol. The Morgan fingerprint density at radius 3 is 3.12 bits per heavy atom. The van der Waals surface area contributed by atoms with Crippen LogP contribution in [0.15, 0.2) is 27.5 Å². The summed E-state index contributed by atoms with van der Waals surface area (Å²) in [6.45, 7) is 3.36. The number of nitrogens with zero attached hydrogens (tertiary/aromatic N) is 2. The van der Waals surface area contributed by atoms with Gasteiger partial charge < -0.3 is 14.7 Å². The van der Waals surface area contributed by atoms with Gasteiger partial charge in [-0.15, -0.1) is 10.2 Å². The van der Waals surface area contributed by atoms with Crippen LogP contribution in [0.2, 0.25) is 0 Å². The summed E-state index contributed by atoms with van der Waals surface area (Å²) in [6.07, 6.45) is 1.55. The van der Waals surface area contributed by atoms with Crippen molar-refractivity contribution < 1.29 is 4.42 Å². The second kappa shape index (κ2) is 4.71. The number of H-pyrrole nitrogens is 1. The molecular formula is C10H12N4O2. The van der Waals surface area contributed by atoms with Gasteiger partial charge in [-0.3, -0.25) is 4.79 Å². The van der Waals surface area contributed by atoms with Crippen LogP contribution in [0.25, 0.3) is 11.5 Å². The average Bonchev–Trinajstić information content (AvgIpc) is 2.75. The van der Waals surface area contributed by atoms with Gasteiger partial charge in [0, 0.05) is 17.8 Å². The smallest absolute Gasteiger partial charge is 0.248 e. The highest BCUT2D eigenvalue weighted by Gasteiger charge is 2.07. The first-order chi connectivity index (χ1) is 7.79. The van der Waals surface area contributed by atoms with Gasteiger partial charge in [0.15, 0.2) is 0 Å². The zero-order valence-electron chi connectivity index (χ0n) is 8.86. The Morgan fingerprint density at radius 1 is 1.50 bits per heavy atom. The second-order valence-corrected chi connectivity index (χ2v) is 3.22. The highest BCUT2D eigenvalue weighted by atomic mass is 16.4. The van der Waals surface area contributed by atoms with Crippen molar-refractivity contribution in [3.8, 4) is 11.5 Å². The van der Waals surface area contributed by atoms with Gasteiger partial charge in [0.2, 0.25) is 17.3 Å². The molecule has 0 saturated carbocycles. The van der Waals surface area contributed by atoms with Crippen molar-refractivity contribution in [3.63, 3.8) is 0 Å². The Bertz CT molecular complexity index is 517. The van der Waals surface area contributed by atoms with Crippen LogP contribution < -0.4 is 10.9 Å². The van der Waals surface area contributed by atoms with E-state index in [9.17, 15) is 4.79 Å². The lowest BCUT2D eigenvalue weighted by atomic mass is 10.3. The van der Waals surface area contributed by atoms with Gasteiger partial charge in [0.1, 0.15) is 0 Å². The lowest BCUT2D eigenvalue weighted by molar-refractivity contribution is 0.482. The number of pyridine rings is 1. The SMILES string of the molecule is CCNCc1nnc(-c2cc[nH]c(=O)c2)o1. The number of aromatic nitrogens is 3. The Kier molecular flexibility index (Phi) is 3.11. The van der Waals surface area contributed by atoms with Crippen LogP contribution in [-0.4, -0.2) is 21.7 Å². The molecule has 16 heavy (non-hydrogen) atoms. The van der Waals surface area contributed by atoms with E-state index in [1.165, 1.54) is 6.07 Å². The third kappa shape index (κ3) is 2.34. The first kappa shape index (κ1) is 10.6. The van der Waals surface area contributed by atoms with Crippen LogP contribution in [0, 0.1) is 0 Å². The van der Waals surface area contributed by atoms with E-state index < -0.39 is 0 Å². The van der Waals surface area contributed by atoms with E-state index in [-0.39, 0.29) is 5.56 Å². The average molecular weight is 220 g/mol. The fraction of sp³-hybridized carbons (Fsp3) is 0.300. The normalized spacial score (nSPS) is 10.6. The monoisotopic (exact) mass is 220 g/mol. The van der Waals surface area contributed by atoms with Crippen molar-refractivity contribution in [2.45, 2.75) is 13.5 Å².